The zero-order valence-corrected chi connectivity index (χ0v) is 10.7. The van der Waals surface area contributed by atoms with E-state index >= 15 is 0 Å². The average molecular weight is 272 g/mol. The predicted octanol–water partition coefficient (Wildman–Crippen LogP) is 3.15. The number of nitrogens with zero attached hydrogens (tertiary/aromatic N) is 2. The van der Waals surface area contributed by atoms with Crippen molar-refractivity contribution in [3.63, 3.8) is 0 Å². The van der Waals surface area contributed by atoms with Crippen LogP contribution < -0.4 is 5.32 Å². The minimum atomic E-state index is 0.380. The van der Waals surface area contributed by atoms with Crippen LogP contribution >= 0.6 is 23.2 Å². The van der Waals surface area contributed by atoms with Crippen LogP contribution in [0.25, 0.3) is 11.5 Å². The van der Waals surface area contributed by atoms with Crippen LogP contribution in [-0.4, -0.2) is 16.7 Å². The van der Waals surface area contributed by atoms with Crippen molar-refractivity contribution < 1.29 is 4.52 Å². The minimum Gasteiger partial charge on any atom is -0.334 e. The number of benzene rings is 1. The maximum Gasteiger partial charge on any atom is 0.259 e. The monoisotopic (exact) mass is 271 g/mol. The third-order valence-electron chi connectivity index (χ3n) is 2.16. The molecule has 90 valence electrons. The largest absolute Gasteiger partial charge is 0.334 e. The molecule has 4 nitrogen and oxygen atoms in total. The van der Waals surface area contributed by atoms with Crippen molar-refractivity contribution in [1.82, 2.24) is 15.5 Å². The van der Waals surface area contributed by atoms with E-state index in [0.717, 1.165) is 6.54 Å². The first kappa shape index (κ1) is 12.4. The summed E-state index contributed by atoms with van der Waals surface area (Å²) in [4.78, 5) is 4.24. The first-order chi connectivity index (χ1) is 8.20. The van der Waals surface area contributed by atoms with E-state index in [0.29, 0.717) is 33.9 Å². The van der Waals surface area contributed by atoms with Gasteiger partial charge in [0.2, 0.25) is 0 Å². The minimum absolute atomic E-state index is 0.380. The molecule has 0 unspecified atom stereocenters. The molecule has 1 heterocycles. The second-order valence-corrected chi connectivity index (χ2v) is 4.26. The Balaban J connectivity index is 2.27. The summed E-state index contributed by atoms with van der Waals surface area (Å²) in [5.41, 5.74) is 0.648. The summed E-state index contributed by atoms with van der Waals surface area (Å²) in [6.45, 7) is 3.43. The molecular weight excluding hydrogens is 261 g/mol. The Kier molecular flexibility index (Phi) is 3.99. The standard InChI is InChI=1S/C11H11Cl2N3O/c1-2-14-6-10-15-11(17-16-10)8-5-7(12)3-4-9(8)13/h3-5,14H,2,6H2,1H3. The Bertz CT molecular complexity index is 513. The summed E-state index contributed by atoms with van der Waals surface area (Å²) in [6, 6.07) is 5.12. The van der Waals surface area contributed by atoms with Crippen LogP contribution in [0.4, 0.5) is 0 Å². The zero-order valence-electron chi connectivity index (χ0n) is 9.20. The van der Waals surface area contributed by atoms with Crippen molar-refractivity contribution in [2.75, 3.05) is 6.54 Å². The first-order valence-corrected chi connectivity index (χ1v) is 5.95. The molecular formula is C11H11Cl2N3O. The van der Waals surface area contributed by atoms with Crippen LogP contribution in [0.3, 0.4) is 0 Å². The fourth-order valence-corrected chi connectivity index (χ4v) is 1.70. The molecule has 2 aromatic rings. The molecule has 0 radical (unpaired) electrons. The van der Waals surface area contributed by atoms with Gasteiger partial charge in [0.25, 0.3) is 5.89 Å². The van der Waals surface area contributed by atoms with Crippen molar-refractivity contribution >= 4 is 23.2 Å². The fourth-order valence-electron chi connectivity index (χ4n) is 1.33. The summed E-state index contributed by atoms with van der Waals surface area (Å²) in [5, 5.41) is 8.08. The molecule has 1 aromatic carbocycles. The van der Waals surface area contributed by atoms with Gasteiger partial charge in [-0.25, -0.2) is 0 Å². The van der Waals surface area contributed by atoms with E-state index in [2.05, 4.69) is 15.5 Å². The van der Waals surface area contributed by atoms with Crippen LogP contribution in [0.5, 0.6) is 0 Å². The van der Waals surface area contributed by atoms with Crippen molar-refractivity contribution in [2.45, 2.75) is 13.5 Å². The number of nitrogens with one attached hydrogen (secondary N) is 1. The Morgan fingerprint density at radius 1 is 1.35 bits per heavy atom. The van der Waals surface area contributed by atoms with Gasteiger partial charge in [-0.15, -0.1) is 0 Å². The van der Waals surface area contributed by atoms with Gasteiger partial charge in [0.1, 0.15) is 0 Å². The predicted molar refractivity (Wildman–Crippen MR) is 67.1 cm³/mol. The van der Waals surface area contributed by atoms with E-state index in [1.54, 1.807) is 18.2 Å². The lowest BCUT2D eigenvalue weighted by Gasteiger charge is -1.98. The molecule has 0 aliphatic carbocycles. The molecule has 2 rings (SSSR count). The van der Waals surface area contributed by atoms with E-state index < -0.39 is 0 Å². The number of hydrogen-bond donors (Lipinski definition) is 1. The lowest BCUT2D eigenvalue weighted by atomic mass is 10.2. The SMILES string of the molecule is CCNCc1noc(-c2cc(Cl)ccc2Cl)n1. The van der Waals surface area contributed by atoms with Crippen molar-refractivity contribution in [3.05, 3.63) is 34.1 Å². The lowest BCUT2D eigenvalue weighted by Crippen LogP contribution is -2.12. The van der Waals surface area contributed by atoms with Crippen LogP contribution in [0.2, 0.25) is 10.0 Å². The fraction of sp³-hybridized carbons (Fsp3) is 0.273. The highest BCUT2D eigenvalue weighted by Gasteiger charge is 2.12. The zero-order chi connectivity index (χ0) is 12.3. The number of hydrogen-bond acceptors (Lipinski definition) is 4. The Hall–Kier alpha value is -1.10. The molecule has 0 bridgehead atoms. The van der Waals surface area contributed by atoms with Gasteiger partial charge >= 0.3 is 0 Å². The number of aromatic nitrogens is 2. The molecule has 0 saturated carbocycles. The van der Waals surface area contributed by atoms with Crippen molar-refractivity contribution in [3.8, 4) is 11.5 Å². The molecule has 1 aromatic heterocycles. The van der Waals surface area contributed by atoms with Gasteiger partial charge in [-0.05, 0) is 24.7 Å². The Morgan fingerprint density at radius 3 is 2.94 bits per heavy atom. The third-order valence-corrected chi connectivity index (χ3v) is 2.72. The maximum atomic E-state index is 6.04. The molecule has 0 saturated heterocycles. The number of rotatable bonds is 4. The van der Waals surface area contributed by atoms with Crippen LogP contribution in [0.1, 0.15) is 12.7 Å². The van der Waals surface area contributed by atoms with E-state index in [1.165, 1.54) is 0 Å². The normalized spacial score (nSPS) is 10.8. The Morgan fingerprint density at radius 2 is 2.18 bits per heavy atom. The van der Waals surface area contributed by atoms with Crippen molar-refractivity contribution in [2.24, 2.45) is 0 Å². The third kappa shape index (κ3) is 2.97. The van der Waals surface area contributed by atoms with Crippen LogP contribution in [0.15, 0.2) is 22.7 Å². The van der Waals surface area contributed by atoms with E-state index in [-0.39, 0.29) is 0 Å². The lowest BCUT2D eigenvalue weighted by molar-refractivity contribution is 0.420. The molecule has 0 spiro atoms. The average Bonchev–Trinajstić information content (AvgIpc) is 2.78. The van der Waals surface area contributed by atoms with Gasteiger partial charge in [0, 0.05) is 5.02 Å². The van der Waals surface area contributed by atoms with Crippen molar-refractivity contribution in [1.29, 1.82) is 0 Å². The van der Waals surface area contributed by atoms with Crippen LogP contribution in [0, 0.1) is 0 Å². The molecule has 0 atom stereocenters. The highest BCUT2D eigenvalue weighted by Crippen LogP contribution is 2.29. The smallest absolute Gasteiger partial charge is 0.259 e. The molecule has 0 fully saturated rings. The van der Waals surface area contributed by atoms with E-state index in [4.69, 9.17) is 27.7 Å². The quantitative estimate of drug-likeness (QED) is 0.928. The van der Waals surface area contributed by atoms with Crippen LogP contribution in [-0.2, 0) is 6.54 Å². The van der Waals surface area contributed by atoms with Gasteiger partial charge in [-0.1, -0.05) is 35.3 Å². The van der Waals surface area contributed by atoms with Gasteiger partial charge in [-0.3, -0.25) is 0 Å². The molecule has 1 N–H and O–H groups in total. The van der Waals surface area contributed by atoms with Gasteiger partial charge in [0.15, 0.2) is 5.82 Å². The van der Waals surface area contributed by atoms with Gasteiger partial charge in [-0.2, -0.15) is 4.98 Å². The highest BCUT2D eigenvalue weighted by atomic mass is 35.5. The summed E-state index contributed by atoms with van der Waals surface area (Å²) in [5.74, 6) is 0.975. The van der Waals surface area contributed by atoms with E-state index in [1.807, 2.05) is 6.92 Å². The topological polar surface area (TPSA) is 51.0 Å². The second-order valence-electron chi connectivity index (χ2n) is 3.42. The summed E-state index contributed by atoms with van der Waals surface area (Å²) < 4.78 is 5.14. The van der Waals surface area contributed by atoms with Gasteiger partial charge < -0.3 is 9.84 Å². The molecule has 6 heteroatoms. The second kappa shape index (κ2) is 5.49. The summed E-state index contributed by atoms with van der Waals surface area (Å²) in [7, 11) is 0. The Labute approximate surface area is 109 Å². The molecule has 17 heavy (non-hydrogen) atoms. The highest BCUT2D eigenvalue weighted by molar-refractivity contribution is 6.35. The summed E-state index contributed by atoms with van der Waals surface area (Å²) >= 11 is 11.9. The molecule has 0 aliphatic heterocycles. The number of halogens is 2. The van der Waals surface area contributed by atoms with E-state index in [9.17, 15) is 0 Å². The maximum absolute atomic E-state index is 6.04. The molecule has 0 amide bonds. The molecule has 0 aliphatic rings. The van der Waals surface area contributed by atoms with Gasteiger partial charge in [0.05, 0.1) is 17.1 Å². The first-order valence-electron chi connectivity index (χ1n) is 5.19. The summed E-state index contributed by atoms with van der Waals surface area (Å²) in [6.07, 6.45) is 0.